The van der Waals surface area contributed by atoms with Gasteiger partial charge in [-0.05, 0) is 54.2 Å². The molecule has 2 aromatic carbocycles. The van der Waals surface area contributed by atoms with Crippen molar-refractivity contribution >= 4 is 22.6 Å². The van der Waals surface area contributed by atoms with Crippen molar-refractivity contribution in [3.05, 3.63) is 64.2 Å². The standard InChI is InChI=1S/C24H23N3O3/c1-27(21-12-30-22-9-14(13-2-3-13)4-6-16(21)22)24(28)15-5-7-20-17(8-15)18-10-29-11-19(18)23(25)26-20/h4-9,13,21H,2-3,10-12H2,1H3,(H2,25,26)/t21-/m1/s1. The smallest absolute Gasteiger partial charge is 0.254 e. The molecular weight excluding hydrogens is 378 g/mol. The van der Waals surface area contributed by atoms with Crippen LogP contribution in [-0.4, -0.2) is 29.4 Å². The first-order valence-corrected chi connectivity index (χ1v) is 10.4. The first kappa shape index (κ1) is 17.7. The molecule has 152 valence electrons. The number of nitrogens with zero attached hydrogens (tertiary/aromatic N) is 2. The van der Waals surface area contributed by atoms with Crippen LogP contribution in [0.4, 0.5) is 5.82 Å². The van der Waals surface area contributed by atoms with Gasteiger partial charge in [0.1, 0.15) is 18.2 Å². The number of pyridine rings is 1. The molecule has 0 bridgehead atoms. The summed E-state index contributed by atoms with van der Waals surface area (Å²) in [5, 5.41) is 0.938. The highest BCUT2D eigenvalue weighted by Gasteiger charge is 2.33. The van der Waals surface area contributed by atoms with Crippen LogP contribution in [-0.2, 0) is 18.0 Å². The summed E-state index contributed by atoms with van der Waals surface area (Å²) >= 11 is 0. The van der Waals surface area contributed by atoms with E-state index in [2.05, 4.69) is 23.2 Å². The molecule has 3 aliphatic rings. The monoisotopic (exact) mass is 401 g/mol. The first-order valence-electron chi connectivity index (χ1n) is 10.4. The van der Waals surface area contributed by atoms with Gasteiger partial charge in [-0.25, -0.2) is 4.98 Å². The van der Waals surface area contributed by atoms with Crippen LogP contribution in [0.2, 0.25) is 0 Å². The highest BCUT2D eigenvalue weighted by Crippen LogP contribution is 2.44. The average Bonchev–Trinajstić information content (AvgIpc) is 3.33. The number of amides is 1. The third-order valence-electron chi connectivity index (χ3n) is 6.61. The summed E-state index contributed by atoms with van der Waals surface area (Å²) in [4.78, 5) is 19.6. The largest absolute Gasteiger partial charge is 0.491 e. The SMILES string of the molecule is CN(C(=O)c1ccc2nc(N)c3c(c2c1)COC3)[C@@H]1COc2cc(C3CC3)ccc21. The molecule has 1 atom stereocenters. The summed E-state index contributed by atoms with van der Waals surface area (Å²) in [5.41, 5.74) is 11.9. The van der Waals surface area contributed by atoms with Crippen molar-refractivity contribution in [2.45, 2.75) is 38.0 Å². The van der Waals surface area contributed by atoms with Gasteiger partial charge in [-0.1, -0.05) is 12.1 Å². The second kappa shape index (κ2) is 6.44. The van der Waals surface area contributed by atoms with Gasteiger partial charge in [0.05, 0.1) is 24.8 Å². The minimum absolute atomic E-state index is 0.0332. The highest BCUT2D eigenvalue weighted by molar-refractivity contribution is 5.99. The fourth-order valence-electron chi connectivity index (χ4n) is 4.65. The lowest BCUT2D eigenvalue weighted by molar-refractivity contribution is 0.0708. The molecule has 0 spiro atoms. The fourth-order valence-corrected chi connectivity index (χ4v) is 4.65. The Labute approximate surface area is 174 Å². The molecule has 2 N–H and O–H groups in total. The van der Waals surface area contributed by atoms with E-state index < -0.39 is 0 Å². The highest BCUT2D eigenvalue weighted by atomic mass is 16.5. The Morgan fingerprint density at radius 1 is 1.13 bits per heavy atom. The lowest BCUT2D eigenvalue weighted by Gasteiger charge is -2.24. The van der Waals surface area contributed by atoms with E-state index in [0.29, 0.717) is 37.1 Å². The zero-order chi connectivity index (χ0) is 20.4. The second-order valence-electron chi connectivity index (χ2n) is 8.49. The van der Waals surface area contributed by atoms with E-state index in [1.165, 1.54) is 18.4 Å². The lowest BCUT2D eigenvalue weighted by Crippen LogP contribution is -2.32. The number of ether oxygens (including phenoxy) is 2. The van der Waals surface area contributed by atoms with Crippen LogP contribution in [0.1, 0.15) is 57.4 Å². The van der Waals surface area contributed by atoms with E-state index in [0.717, 1.165) is 33.3 Å². The van der Waals surface area contributed by atoms with Crippen molar-refractivity contribution in [1.82, 2.24) is 9.88 Å². The van der Waals surface area contributed by atoms with E-state index in [1.54, 1.807) is 4.90 Å². The summed E-state index contributed by atoms with van der Waals surface area (Å²) in [6.45, 7) is 1.46. The molecule has 3 heterocycles. The molecule has 30 heavy (non-hydrogen) atoms. The molecule has 1 fully saturated rings. The Hall–Kier alpha value is -3.12. The predicted molar refractivity (Wildman–Crippen MR) is 113 cm³/mol. The summed E-state index contributed by atoms with van der Waals surface area (Å²) in [5.74, 6) is 2.08. The number of aromatic nitrogens is 1. The van der Waals surface area contributed by atoms with Gasteiger partial charge < -0.3 is 20.1 Å². The van der Waals surface area contributed by atoms with Crippen LogP contribution in [0.5, 0.6) is 5.75 Å². The number of hydrogen-bond acceptors (Lipinski definition) is 5. The maximum Gasteiger partial charge on any atom is 0.254 e. The molecule has 6 nitrogen and oxygen atoms in total. The predicted octanol–water partition coefficient (Wildman–Crippen LogP) is 3.93. The van der Waals surface area contributed by atoms with Crippen LogP contribution >= 0.6 is 0 Å². The number of carbonyl (C=O) groups excluding carboxylic acids is 1. The molecule has 1 amide bonds. The quantitative estimate of drug-likeness (QED) is 0.720. The Balaban J connectivity index is 1.32. The Morgan fingerprint density at radius 2 is 1.97 bits per heavy atom. The van der Waals surface area contributed by atoms with E-state index in [9.17, 15) is 4.79 Å². The number of anilines is 1. The molecule has 0 unspecified atom stereocenters. The maximum absolute atomic E-state index is 13.3. The molecule has 3 aromatic rings. The molecular formula is C24H23N3O3. The zero-order valence-corrected chi connectivity index (χ0v) is 16.9. The number of carbonyl (C=O) groups is 1. The topological polar surface area (TPSA) is 77.7 Å². The number of benzene rings is 2. The van der Waals surface area contributed by atoms with Crippen molar-refractivity contribution in [3.8, 4) is 5.75 Å². The van der Waals surface area contributed by atoms with Gasteiger partial charge in [-0.15, -0.1) is 0 Å². The number of hydrogen-bond donors (Lipinski definition) is 1. The third-order valence-corrected chi connectivity index (χ3v) is 6.61. The van der Waals surface area contributed by atoms with E-state index in [-0.39, 0.29) is 11.9 Å². The van der Waals surface area contributed by atoms with Gasteiger partial charge in [0.25, 0.3) is 5.91 Å². The second-order valence-corrected chi connectivity index (χ2v) is 8.49. The summed E-state index contributed by atoms with van der Waals surface area (Å²) in [7, 11) is 1.85. The maximum atomic E-state index is 13.3. The minimum Gasteiger partial charge on any atom is -0.491 e. The van der Waals surface area contributed by atoms with Gasteiger partial charge in [0.15, 0.2) is 0 Å². The van der Waals surface area contributed by atoms with Crippen molar-refractivity contribution < 1.29 is 14.3 Å². The Kier molecular flexibility index (Phi) is 3.80. The van der Waals surface area contributed by atoms with Crippen LogP contribution in [0.3, 0.4) is 0 Å². The normalized spacial score (nSPS) is 19.4. The van der Waals surface area contributed by atoms with Crippen molar-refractivity contribution in [3.63, 3.8) is 0 Å². The lowest BCUT2D eigenvalue weighted by atomic mass is 10.0. The molecule has 6 rings (SSSR count). The summed E-state index contributed by atoms with van der Waals surface area (Å²) in [6, 6.07) is 12.0. The first-order chi connectivity index (χ1) is 14.6. The van der Waals surface area contributed by atoms with Gasteiger partial charge in [-0.3, -0.25) is 4.79 Å². The molecule has 1 aromatic heterocycles. The van der Waals surface area contributed by atoms with E-state index in [4.69, 9.17) is 15.2 Å². The van der Waals surface area contributed by atoms with Crippen LogP contribution in [0.15, 0.2) is 36.4 Å². The number of nitrogens with two attached hydrogens (primary N) is 1. The van der Waals surface area contributed by atoms with Crippen molar-refractivity contribution in [2.24, 2.45) is 0 Å². The number of likely N-dealkylation sites (N-methyl/N-ethyl adjacent to an activating group) is 1. The molecule has 1 aliphatic carbocycles. The van der Waals surface area contributed by atoms with Crippen LogP contribution < -0.4 is 10.5 Å². The zero-order valence-electron chi connectivity index (χ0n) is 16.9. The van der Waals surface area contributed by atoms with Crippen LogP contribution in [0, 0.1) is 0 Å². The van der Waals surface area contributed by atoms with Gasteiger partial charge in [-0.2, -0.15) is 0 Å². The van der Waals surface area contributed by atoms with E-state index >= 15 is 0 Å². The third kappa shape index (κ3) is 2.67. The van der Waals surface area contributed by atoms with Gasteiger partial charge in [0.2, 0.25) is 0 Å². The number of rotatable bonds is 3. The van der Waals surface area contributed by atoms with Crippen LogP contribution in [0.25, 0.3) is 10.9 Å². The number of nitrogen functional groups attached to an aromatic ring is 1. The number of fused-ring (bicyclic) bond motifs is 4. The van der Waals surface area contributed by atoms with Crippen molar-refractivity contribution in [1.29, 1.82) is 0 Å². The minimum atomic E-state index is -0.0879. The van der Waals surface area contributed by atoms with Gasteiger partial charge >= 0.3 is 0 Å². The van der Waals surface area contributed by atoms with Gasteiger partial charge in [0, 0.05) is 29.1 Å². The Morgan fingerprint density at radius 3 is 2.80 bits per heavy atom. The summed E-state index contributed by atoms with van der Waals surface area (Å²) < 4.78 is 11.5. The Bertz CT molecular complexity index is 1200. The van der Waals surface area contributed by atoms with E-state index in [1.807, 2.05) is 25.2 Å². The summed E-state index contributed by atoms with van der Waals surface area (Å²) in [6.07, 6.45) is 2.52. The molecule has 1 saturated carbocycles. The molecule has 0 saturated heterocycles. The average molecular weight is 401 g/mol. The fraction of sp³-hybridized carbons (Fsp3) is 0.333. The molecule has 2 aliphatic heterocycles. The molecule has 6 heteroatoms. The van der Waals surface area contributed by atoms with Crippen molar-refractivity contribution in [2.75, 3.05) is 19.4 Å². The molecule has 0 radical (unpaired) electrons.